The maximum Gasteiger partial charge on any atom is 0.292 e. The van der Waals surface area contributed by atoms with Crippen molar-refractivity contribution in [1.29, 1.82) is 0 Å². The highest BCUT2D eigenvalue weighted by molar-refractivity contribution is 7.89. The summed E-state index contributed by atoms with van der Waals surface area (Å²) in [6.07, 6.45) is 0. The Bertz CT molecular complexity index is 764. The minimum Gasteiger partial charge on any atom is -0.379 e. The van der Waals surface area contributed by atoms with Gasteiger partial charge in [-0.2, -0.15) is 9.41 Å². The summed E-state index contributed by atoms with van der Waals surface area (Å²) in [6, 6.07) is 6.16. The molecule has 0 spiro atoms. The summed E-state index contributed by atoms with van der Waals surface area (Å²) >= 11 is 0. The van der Waals surface area contributed by atoms with Gasteiger partial charge in [0.25, 0.3) is 5.91 Å². The van der Waals surface area contributed by atoms with Crippen LogP contribution in [0.15, 0.2) is 46.5 Å². The Morgan fingerprint density at radius 1 is 1.17 bits per heavy atom. The van der Waals surface area contributed by atoms with E-state index >= 15 is 0 Å². The van der Waals surface area contributed by atoms with Gasteiger partial charge >= 0.3 is 0 Å². The molecule has 0 aromatic heterocycles. The zero-order valence-corrected chi connectivity index (χ0v) is 13.6. The Hall–Kier alpha value is -2.43. The molecule has 2 aliphatic rings. The van der Waals surface area contributed by atoms with Gasteiger partial charge in [0.1, 0.15) is 0 Å². The molecule has 0 bridgehead atoms. The van der Waals surface area contributed by atoms with Crippen molar-refractivity contribution >= 4 is 27.3 Å². The summed E-state index contributed by atoms with van der Waals surface area (Å²) in [4.78, 5) is 11.7. The van der Waals surface area contributed by atoms with E-state index in [4.69, 9.17) is 4.74 Å². The summed E-state index contributed by atoms with van der Waals surface area (Å²) < 4.78 is 31.6. The largest absolute Gasteiger partial charge is 0.379 e. The van der Waals surface area contributed by atoms with Gasteiger partial charge in [-0.3, -0.25) is 21.1 Å². The fourth-order valence-electron chi connectivity index (χ4n) is 2.26. The van der Waals surface area contributed by atoms with Crippen LogP contribution in [0.4, 0.5) is 5.69 Å². The van der Waals surface area contributed by atoms with E-state index in [0.717, 1.165) is 0 Å². The minimum atomic E-state index is -3.53. The number of morpholine rings is 1. The molecule has 24 heavy (non-hydrogen) atoms. The summed E-state index contributed by atoms with van der Waals surface area (Å²) in [6.45, 7) is 5.13. The number of ether oxygens (including phenoxy) is 1. The zero-order valence-electron chi connectivity index (χ0n) is 12.8. The Kier molecular flexibility index (Phi) is 4.51. The third-order valence-electron chi connectivity index (χ3n) is 3.59. The number of anilines is 1. The highest BCUT2D eigenvalue weighted by Crippen LogP contribution is 2.19. The molecular formula is C14H17N5O4S. The average molecular weight is 351 g/mol. The molecule has 0 unspecified atom stereocenters. The predicted molar refractivity (Wildman–Crippen MR) is 87.5 cm³/mol. The molecule has 3 rings (SSSR count). The lowest BCUT2D eigenvalue weighted by atomic mass is 10.3. The molecule has 0 saturated carbocycles. The quantitative estimate of drug-likeness (QED) is 0.638. The van der Waals surface area contributed by atoms with E-state index in [0.29, 0.717) is 37.7 Å². The first-order valence-corrected chi connectivity index (χ1v) is 8.70. The van der Waals surface area contributed by atoms with E-state index in [9.17, 15) is 13.2 Å². The van der Waals surface area contributed by atoms with Gasteiger partial charge in [-0.25, -0.2) is 8.42 Å². The van der Waals surface area contributed by atoms with Crippen LogP contribution >= 0.6 is 0 Å². The SMILES string of the molecule is C=C1NNC(=O)/C1=N/Nc1ccc(S(=O)(=O)N2CCOCC2)cc1. The fraction of sp³-hybridized carbons (Fsp3) is 0.286. The molecule has 2 saturated heterocycles. The molecule has 1 aromatic rings. The number of rotatable bonds is 4. The molecule has 1 amide bonds. The van der Waals surface area contributed by atoms with E-state index in [1.54, 1.807) is 12.1 Å². The van der Waals surface area contributed by atoms with Gasteiger partial charge in [0.05, 0.1) is 29.5 Å². The molecule has 10 heteroatoms. The number of hydrogen-bond acceptors (Lipinski definition) is 7. The number of sulfonamides is 1. The van der Waals surface area contributed by atoms with Crippen LogP contribution in [0, 0.1) is 0 Å². The van der Waals surface area contributed by atoms with Crippen LogP contribution in [0.5, 0.6) is 0 Å². The molecule has 0 atom stereocenters. The standard InChI is InChI=1S/C14H17N5O4S/c1-10-13(14(20)18-15-10)17-16-11-2-4-12(5-3-11)24(21,22)19-6-8-23-9-7-19/h2-5,15-16H,1,6-9H2,(H,18,20)/b17-13+. The van der Waals surface area contributed by atoms with Crippen LogP contribution < -0.4 is 16.3 Å². The number of benzene rings is 1. The zero-order chi connectivity index (χ0) is 17.2. The van der Waals surface area contributed by atoms with Crippen molar-refractivity contribution in [3.8, 4) is 0 Å². The van der Waals surface area contributed by atoms with Crippen LogP contribution in [0.25, 0.3) is 0 Å². The lowest BCUT2D eigenvalue weighted by molar-refractivity contribution is -0.114. The van der Waals surface area contributed by atoms with Gasteiger partial charge in [-0.05, 0) is 24.3 Å². The number of nitrogens with zero attached hydrogens (tertiary/aromatic N) is 2. The Morgan fingerprint density at radius 3 is 2.42 bits per heavy atom. The summed E-state index contributed by atoms with van der Waals surface area (Å²) in [5, 5.41) is 3.95. The van der Waals surface area contributed by atoms with Crippen LogP contribution in [0.2, 0.25) is 0 Å². The van der Waals surface area contributed by atoms with Gasteiger partial charge in [0.15, 0.2) is 5.71 Å². The van der Waals surface area contributed by atoms with Crippen LogP contribution in [0.1, 0.15) is 0 Å². The van der Waals surface area contributed by atoms with Gasteiger partial charge in [0.2, 0.25) is 10.0 Å². The second-order valence-corrected chi connectivity index (χ2v) is 7.11. The lowest BCUT2D eigenvalue weighted by Gasteiger charge is -2.26. The Morgan fingerprint density at radius 2 is 1.83 bits per heavy atom. The van der Waals surface area contributed by atoms with Gasteiger partial charge in [-0.1, -0.05) is 6.58 Å². The lowest BCUT2D eigenvalue weighted by Crippen LogP contribution is -2.40. The first kappa shape index (κ1) is 16.4. The summed E-state index contributed by atoms with van der Waals surface area (Å²) in [5.74, 6) is -0.390. The van der Waals surface area contributed by atoms with Crippen LogP contribution in [0.3, 0.4) is 0 Å². The third kappa shape index (κ3) is 3.25. The number of hydrogen-bond donors (Lipinski definition) is 3. The maximum atomic E-state index is 12.5. The smallest absolute Gasteiger partial charge is 0.292 e. The van der Waals surface area contributed by atoms with E-state index in [1.807, 2.05) is 0 Å². The predicted octanol–water partition coefficient (Wildman–Crippen LogP) is -0.377. The molecule has 9 nitrogen and oxygen atoms in total. The van der Waals surface area contributed by atoms with Crippen molar-refractivity contribution in [2.24, 2.45) is 5.10 Å². The second-order valence-electron chi connectivity index (χ2n) is 5.17. The topological polar surface area (TPSA) is 112 Å². The number of hydrazine groups is 1. The van der Waals surface area contributed by atoms with Crippen molar-refractivity contribution in [3.63, 3.8) is 0 Å². The van der Waals surface area contributed by atoms with E-state index in [2.05, 4.69) is 28.0 Å². The third-order valence-corrected chi connectivity index (χ3v) is 5.50. The normalized spacial score (nSPS) is 20.8. The molecule has 2 aliphatic heterocycles. The van der Waals surface area contributed by atoms with E-state index < -0.39 is 10.0 Å². The highest BCUT2D eigenvalue weighted by Gasteiger charge is 2.26. The highest BCUT2D eigenvalue weighted by atomic mass is 32.2. The molecule has 0 aliphatic carbocycles. The number of carbonyl (C=O) groups excluding carboxylic acids is 1. The summed E-state index contributed by atoms with van der Waals surface area (Å²) in [5.41, 5.74) is 8.68. The van der Waals surface area contributed by atoms with Gasteiger partial charge in [-0.15, -0.1) is 0 Å². The Labute approximate surface area is 139 Å². The van der Waals surface area contributed by atoms with Crippen molar-refractivity contribution in [1.82, 2.24) is 15.2 Å². The molecule has 2 fully saturated rings. The number of carbonyl (C=O) groups is 1. The number of amides is 1. The molecule has 2 heterocycles. The Balaban J connectivity index is 1.72. The van der Waals surface area contributed by atoms with Gasteiger partial charge < -0.3 is 4.74 Å². The van der Waals surface area contributed by atoms with Crippen molar-refractivity contribution in [2.75, 3.05) is 31.7 Å². The van der Waals surface area contributed by atoms with Crippen LogP contribution in [-0.4, -0.2) is 50.6 Å². The van der Waals surface area contributed by atoms with E-state index in [1.165, 1.54) is 16.4 Å². The number of hydrazone groups is 1. The second kappa shape index (κ2) is 6.59. The maximum absolute atomic E-state index is 12.5. The average Bonchev–Trinajstić information content (AvgIpc) is 2.92. The molecule has 1 aromatic carbocycles. The van der Waals surface area contributed by atoms with Gasteiger partial charge in [0, 0.05) is 13.1 Å². The van der Waals surface area contributed by atoms with Crippen molar-refractivity contribution < 1.29 is 17.9 Å². The first-order valence-electron chi connectivity index (χ1n) is 7.26. The van der Waals surface area contributed by atoms with Crippen molar-refractivity contribution in [3.05, 3.63) is 36.5 Å². The number of nitrogens with one attached hydrogen (secondary N) is 3. The summed E-state index contributed by atoms with van der Waals surface area (Å²) in [7, 11) is -3.53. The molecule has 0 radical (unpaired) electrons. The fourth-order valence-corrected chi connectivity index (χ4v) is 3.67. The minimum absolute atomic E-state index is 0.139. The van der Waals surface area contributed by atoms with E-state index in [-0.39, 0.29) is 16.5 Å². The molecule has 128 valence electrons. The molecule has 3 N–H and O–H groups in total. The van der Waals surface area contributed by atoms with Crippen molar-refractivity contribution in [2.45, 2.75) is 4.90 Å². The van der Waals surface area contributed by atoms with Crippen LogP contribution in [-0.2, 0) is 19.6 Å². The first-order chi connectivity index (χ1) is 11.5. The molecular weight excluding hydrogens is 334 g/mol. The monoisotopic (exact) mass is 351 g/mol.